The number of carbonyl (C=O) groups is 1. The molecule has 0 aliphatic heterocycles. The zero-order chi connectivity index (χ0) is 13.7. The van der Waals surface area contributed by atoms with Gasteiger partial charge in [0.25, 0.3) is 0 Å². The van der Waals surface area contributed by atoms with Crippen LogP contribution in [0.4, 0.5) is 0 Å². The number of nitrogens with one attached hydrogen (secondary N) is 2. The zero-order valence-electron chi connectivity index (χ0n) is 10.9. The molecule has 0 aromatic carbocycles. The predicted octanol–water partition coefficient (Wildman–Crippen LogP) is 1.43. The van der Waals surface area contributed by atoms with Crippen LogP contribution in [0, 0.1) is 0 Å². The number of likely N-dealkylation sites (N-methyl/N-ethyl adjacent to an activating group) is 1. The van der Waals surface area contributed by atoms with Crippen molar-refractivity contribution in [3.8, 4) is 10.7 Å². The first-order valence-corrected chi connectivity index (χ1v) is 6.89. The van der Waals surface area contributed by atoms with E-state index >= 15 is 0 Å². The average Bonchev–Trinajstić information content (AvgIpc) is 2.93. The van der Waals surface area contributed by atoms with Crippen molar-refractivity contribution in [2.45, 2.75) is 19.5 Å². The summed E-state index contributed by atoms with van der Waals surface area (Å²) < 4.78 is 0. The van der Waals surface area contributed by atoms with Gasteiger partial charge in [0.2, 0.25) is 5.91 Å². The molecule has 5 nitrogen and oxygen atoms in total. The lowest BCUT2D eigenvalue weighted by atomic mass is 10.3. The molecule has 0 bridgehead atoms. The van der Waals surface area contributed by atoms with Crippen molar-refractivity contribution in [3.05, 3.63) is 35.5 Å². The van der Waals surface area contributed by atoms with Gasteiger partial charge in [-0.3, -0.25) is 9.78 Å². The van der Waals surface area contributed by atoms with E-state index in [-0.39, 0.29) is 11.9 Å². The summed E-state index contributed by atoms with van der Waals surface area (Å²) >= 11 is 1.55. The highest BCUT2D eigenvalue weighted by Gasteiger charge is 2.11. The van der Waals surface area contributed by atoms with Crippen LogP contribution in [0.3, 0.4) is 0 Å². The maximum Gasteiger partial charge on any atom is 0.236 e. The second-order valence-electron chi connectivity index (χ2n) is 4.08. The summed E-state index contributed by atoms with van der Waals surface area (Å²) in [4.78, 5) is 20.1. The van der Waals surface area contributed by atoms with Crippen molar-refractivity contribution in [1.82, 2.24) is 20.6 Å². The van der Waals surface area contributed by atoms with Gasteiger partial charge in [0, 0.05) is 25.2 Å². The third-order valence-corrected chi connectivity index (χ3v) is 3.58. The van der Waals surface area contributed by atoms with Gasteiger partial charge in [-0.25, -0.2) is 4.98 Å². The Morgan fingerprint density at radius 2 is 2.32 bits per heavy atom. The molecule has 1 atom stereocenters. The number of hydrogen-bond acceptors (Lipinski definition) is 5. The number of aromatic nitrogens is 2. The quantitative estimate of drug-likeness (QED) is 0.867. The fourth-order valence-corrected chi connectivity index (χ4v) is 2.36. The summed E-state index contributed by atoms with van der Waals surface area (Å²) in [6.45, 7) is 2.39. The number of carbonyl (C=O) groups excluding carboxylic acids is 1. The number of thiazole rings is 1. The Morgan fingerprint density at radius 3 is 3.00 bits per heavy atom. The largest absolute Gasteiger partial charge is 0.358 e. The zero-order valence-corrected chi connectivity index (χ0v) is 11.7. The van der Waals surface area contributed by atoms with Gasteiger partial charge in [0.15, 0.2) is 0 Å². The molecule has 2 N–H and O–H groups in total. The topological polar surface area (TPSA) is 66.9 Å². The molecular formula is C13H16N4OS. The lowest BCUT2D eigenvalue weighted by molar-refractivity contribution is -0.122. The fourth-order valence-electron chi connectivity index (χ4n) is 1.56. The minimum atomic E-state index is -0.231. The van der Waals surface area contributed by atoms with Gasteiger partial charge in [-0.2, -0.15) is 0 Å². The van der Waals surface area contributed by atoms with E-state index in [4.69, 9.17) is 0 Å². The van der Waals surface area contributed by atoms with Crippen molar-refractivity contribution >= 4 is 17.2 Å². The first kappa shape index (κ1) is 13.6. The first-order chi connectivity index (χ1) is 9.20. The standard InChI is InChI=1S/C13H16N4OS/c1-9(12(18)14-2)16-7-10-8-19-13(17-10)11-5-3-4-6-15-11/h3-6,8-9,16H,7H2,1-2H3,(H,14,18). The second-order valence-corrected chi connectivity index (χ2v) is 4.93. The molecule has 0 aliphatic carbocycles. The van der Waals surface area contributed by atoms with Crippen LogP contribution >= 0.6 is 11.3 Å². The van der Waals surface area contributed by atoms with Gasteiger partial charge in [0.1, 0.15) is 5.01 Å². The second kappa shape index (κ2) is 6.40. The minimum Gasteiger partial charge on any atom is -0.358 e. The lowest BCUT2D eigenvalue weighted by Gasteiger charge is -2.10. The van der Waals surface area contributed by atoms with Crippen molar-refractivity contribution in [2.75, 3.05) is 7.05 Å². The Bertz CT molecular complexity index is 541. The number of amides is 1. The maximum absolute atomic E-state index is 11.4. The van der Waals surface area contributed by atoms with Crippen LogP contribution in [0.5, 0.6) is 0 Å². The van der Waals surface area contributed by atoms with E-state index in [1.165, 1.54) is 0 Å². The van der Waals surface area contributed by atoms with Crippen LogP contribution in [0.2, 0.25) is 0 Å². The van der Waals surface area contributed by atoms with Crippen molar-refractivity contribution in [2.24, 2.45) is 0 Å². The normalized spacial score (nSPS) is 12.1. The minimum absolute atomic E-state index is 0.0276. The molecule has 19 heavy (non-hydrogen) atoms. The lowest BCUT2D eigenvalue weighted by Crippen LogP contribution is -2.40. The van der Waals surface area contributed by atoms with E-state index < -0.39 is 0 Å². The summed E-state index contributed by atoms with van der Waals surface area (Å²) in [5.41, 5.74) is 1.79. The summed E-state index contributed by atoms with van der Waals surface area (Å²) in [6.07, 6.45) is 1.75. The van der Waals surface area contributed by atoms with Crippen LogP contribution in [-0.4, -0.2) is 29.0 Å². The van der Waals surface area contributed by atoms with E-state index in [9.17, 15) is 4.79 Å². The number of pyridine rings is 1. The highest BCUT2D eigenvalue weighted by atomic mass is 32.1. The molecule has 0 saturated carbocycles. The Kier molecular flexibility index (Phi) is 4.59. The maximum atomic E-state index is 11.4. The molecule has 1 amide bonds. The third-order valence-electron chi connectivity index (χ3n) is 2.66. The summed E-state index contributed by atoms with van der Waals surface area (Å²) in [5.74, 6) is -0.0276. The molecule has 2 aromatic heterocycles. The molecule has 100 valence electrons. The Balaban J connectivity index is 1.97. The van der Waals surface area contributed by atoms with Crippen molar-refractivity contribution in [3.63, 3.8) is 0 Å². The molecule has 6 heteroatoms. The highest BCUT2D eigenvalue weighted by molar-refractivity contribution is 7.13. The number of hydrogen-bond donors (Lipinski definition) is 2. The number of rotatable bonds is 5. The van der Waals surface area contributed by atoms with Crippen LogP contribution < -0.4 is 10.6 Å². The molecule has 0 radical (unpaired) electrons. The molecule has 0 spiro atoms. The smallest absolute Gasteiger partial charge is 0.236 e. The average molecular weight is 276 g/mol. The monoisotopic (exact) mass is 276 g/mol. The highest BCUT2D eigenvalue weighted by Crippen LogP contribution is 2.21. The molecule has 0 saturated heterocycles. The Hall–Kier alpha value is -1.79. The first-order valence-electron chi connectivity index (χ1n) is 6.01. The van der Waals surface area contributed by atoms with E-state index in [1.807, 2.05) is 30.5 Å². The molecular weight excluding hydrogens is 260 g/mol. The summed E-state index contributed by atoms with van der Waals surface area (Å²) in [6, 6.07) is 5.52. The van der Waals surface area contributed by atoms with Gasteiger partial charge < -0.3 is 10.6 Å². The SMILES string of the molecule is CNC(=O)C(C)NCc1csc(-c2ccccn2)n1. The van der Waals surface area contributed by atoms with Crippen molar-refractivity contribution in [1.29, 1.82) is 0 Å². The molecule has 2 rings (SSSR count). The Morgan fingerprint density at radius 1 is 1.47 bits per heavy atom. The van der Waals surface area contributed by atoms with Crippen molar-refractivity contribution < 1.29 is 4.79 Å². The Labute approximate surface area is 116 Å². The fraction of sp³-hybridized carbons (Fsp3) is 0.308. The van der Waals surface area contributed by atoms with Gasteiger partial charge >= 0.3 is 0 Å². The van der Waals surface area contributed by atoms with Crippen LogP contribution in [-0.2, 0) is 11.3 Å². The molecule has 0 aliphatic rings. The van der Waals surface area contributed by atoms with Gasteiger partial charge in [-0.1, -0.05) is 6.07 Å². The molecule has 1 unspecified atom stereocenters. The van der Waals surface area contributed by atoms with E-state index in [0.717, 1.165) is 16.4 Å². The van der Waals surface area contributed by atoms with E-state index in [2.05, 4.69) is 20.6 Å². The van der Waals surface area contributed by atoms with Crippen LogP contribution in [0.1, 0.15) is 12.6 Å². The molecule has 2 aromatic rings. The number of nitrogens with zero attached hydrogens (tertiary/aromatic N) is 2. The van der Waals surface area contributed by atoms with Crippen LogP contribution in [0.25, 0.3) is 10.7 Å². The molecule has 2 heterocycles. The molecule has 0 fully saturated rings. The van der Waals surface area contributed by atoms with Gasteiger partial charge in [-0.05, 0) is 19.1 Å². The van der Waals surface area contributed by atoms with E-state index in [0.29, 0.717) is 6.54 Å². The summed E-state index contributed by atoms with van der Waals surface area (Å²) in [7, 11) is 1.63. The van der Waals surface area contributed by atoms with Gasteiger partial charge in [-0.15, -0.1) is 11.3 Å². The van der Waals surface area contributed by atoms with Gasteiger partial charge in [0.05, 0.1) is 17.4 Å². The predicted molar refractivity (Wildman–Crippen MR) is 75.7 cm³/mol. The summed E-state index contributed by atoms with van der Waals surface area (Å²) in [5, 5.41) is 8.60. The van der Waals surface area contributed by atoms with E-state index in [1.54, 1.807) is 24.6 Å². The third kappa shape index (κ3) is 3.59. The van der Waals surface area contributed by atoms with Crippen LogP contribution in [0.15, 0.2) is 29.8 Å².